The Bertz CT molecular complexity index is 662. The van der Waals surface area contributed by atoms with Crippen LogP contribution in [-0.2, 0) is 11.2 Å². The number of carbonyl (C=O) groups is 1. The fraction of sp³-hybridized carbons (Fsp3) is 0.375. The molecule has 130 valence electrons. The van der Waals surface area contributed by atoms with Gasteiger partial charge >= 0.3 is 5.97 Å². The summed E-state index contributed by atoms with van der Waals surface area (Å²) < 4.78 is 16.0. The molecule has 0 amide bonds. The number of hydrogen-bond acceptors (Lipinski definition) is 6. The maximum absolute atomic E-state index is 11.8. The number of imidazole rings is 1. The van der Waals surface area contributed by atoms with Gasteiger partial charge in [0.2, 0.25) is 0 Å². The van der Waals surface area contributed by atoms with Crippen molar-refractivity contribution in [2.75, 3.05) is 33.3 Å². The van der Waals surface area contributed by atoms with Gasteiger partial charge in [0.25, 0.3) is 0 Å². The average molecular weight is 335 g/mol. The molecular formula is C16H21N3O5. The zero-order valence-electron chi connectivity index (χ0n) is 14.1. The molecule has 0 saturated carbocycles. The lowest BCUT2D eigenvalue weighted by Crippen LogP contribution is -2.40. The topological polar surface area (TPSA) is 96.9 Å². The third-order valence-electron chi connectivity index (χ3n) is 3.76. The van der Waals surface area contributed by atoms with Gasteiger partial charge in [-0.15, -0.1) is 0 Å². The van der Waals surface area contributed by atoms with Gasteiger partial charge in [0.1, 0.15) is 29.0 Å². The highest BCUT2D eigenvalue weighted by Crippen LogP contribution is 2.42. The Hall–Kier alpha value is -2.90. The summed E-state index contributed by atoms with van der Waals surface area (Å²) in [5.41, 5.74) is 1.26. The predicted molar refractivity (Wildman–Crippen MR) is 88.2 cm³/mol. The molecule has 2 aromatic rings. The molecule has 0 fully saturated rings. The number of carboxylic acids is 1. The normalized spacial score (nSPS) is 11.7. The molecule has 8 nitrogen and oxygen atoms in total. The first-order valence-corrected chi connectivity index (χ1v) is 7.24. The van der Waals surface area contributed by atoms with Gasteiger partial charge in [-0.25, -0.2) is 9.78 Å². The van der Waals surface area contributed by atoms with Gasteiger partial charge in [-0.3, -0.25) is 0 Å². The molecule has 1 heterocycles. The van der Waals surface area contributed by atoms with Gasteiger partial charge in [0.15, 0.2) is 0 Å². The first-order chi connectivity index (χ1) is 11.5. The summed E-state index contributed by atoms with van der Waals surface area (Å²) in [6, 6.07) is 2.54. The molecule has 1 atom stereocenters. The minimum atomic E-state index is -0.966. The predicted octanol–water partition coefficient (Wildman–Crippen LogP) is 1.57. The molecule has 2 rings (SSSR count). The van der Waals surface area contributed by atoms with E-state index in [1.807, 2.05) is 0 Å². The second-order valence-electron chi connectivity index (χ2n) is 5.13. The van der Waals surface area contributed by atoms with Crippen LogP contribution in [0.3, 0.4) is 0 Å². The third kappa shape index (κ3) is 3.53. The summed E-state index contributed by atoms with van der Waals surface area (Å²) in [4.78, 5) is 20.2. The molecule has 2 N–H and O–H groups in total. The van der Waals surface area contributed by atoms with Crippen molar-refractivity contribution >= 4 is 11.7 Å². The number of rotatable bonds is 8. The van der Waals surface area contributed by atoms with Crippen LogP contribution in [-0.4, -0.2) is 55.5 Å². The average Bonchev–Trinajstić information content (AvgIpc) is 3.10. The number of benzene rings is 1. The number of carboxylic acid groups (broad SMARTS) is 1. The van der Waals surface area contributed by atoms with E-state index in [0.717, 1.165) is 5.69 Å². The van der Waals surface area contributed by atoms with Gasteiger partial charge in [-0.05, 0) is 0 Å². The Kier molecular flexibility index (Phi) is 5.51. The number of nitrogens with one attached hydrogen (secondary N) is 1. The van der Waals surface area contributed by atoms with Crippen LogP contribution in [0.5, 0.6) is 17.2 Å². The number of H-pyrrole nitrogens is 1. The zero-order chi connectivity index (χ0) is 17.7. The van der Waals surface area contributed by atoms with Crippen LogP contribution in [0.25, 0.3) is 0 Å². The summed E-state index contributed by atoms with van der Waals surface area (Å²) in [5, 5.41) is 9.65. The lowest BCUT2D eigenvalue weighted by Gasteiger charge is -2.29. The second kappa shape index (κ2) is 7.58. The molecule has 0 aliphatic rings. The summed E-state index contributed by atoms with van der Waals surface area (Å²) >= 11 is 0. The van der Waals surface area contributed by atoms with Gasteiger partial charge in [-0.1, -0.05) is 0 Å². The molecule has 1 aromatic carbocycles. The smallest absolute Gasteiger partial charge is 0.326 e. The highest BCUT2D eigenvalue weighted by molar-refractivity contribution is 5.82. The van der Waals surface area contributed by atoms with Crippen molar-refractivity contribution < 1.29 is 24.1 Å². The number of anilines is 1. The number of methoxy groups -OCH3 is 3. The molecule has 8 heteroatoms. The molecule has 0 radical (unpaired) electrons. The van der Waals surface area contributed by atoms with Crippen LogP contribution in [0.4, 0.5) is 5.69 Å². The van der Waals surface area contributed by atoms with Gasteiger partial charge in [-0.2, -0.15) is 0 Å². The fourth-order valence-corrected chi connectivity index (χ4v) is 2.49. The van der Waals surface area contributed by atoms with Crippen LogP contribution in [0, 0.1) is 0 Å². The van der Waals surface area contributed by atoms with E-state index in [-0.39, 0.29) is 6.42 Å². The minimum Gasteiger partial charge on any atom is -0.496 e. The Labute approximate surface area is 140 Å². The van der Waals surface area contributed by atoms with E-state index in [1.165, 1.54) is 27.7 Å². The van der Waals surface area contributed by atoms with Crippen LogP contribution in [0.2, 0.25) is 0 Å². The number of nitrogens with zero attached hydrogens (tertiary/aromatic N) is 2. The Morgan fingerprint density at radius 2 is 1.88 bits per heavy atom. The van der Waals surface area contributed by atoms with Gasteiger partial charge < -0.3 is 29.2 Å². The lowest BCUT2D eigenvalue weighted by atomic mass is 10.1. The molecule has 0 bridgehead atoms. The van der Waals surface area contributed by atoms with Crippen molar-refractivity contribution in [3.63, 3.8) is 0 Å². The zero-order valence-corrected chi connectivity index (χ0v) is 14.1. The number of likely N-dealkylation sites (N-methyl/N-ethyl adjacent to an activating group) is 1. The van der Waals surface area contributed by atoms with Crippen LogP contribution in [0.1, 0.15) is 5.69 Å². The highest BCUT2D eigenvalue weighted by atomic mass is 16.5. The largest absolute Gasteiger partial charge is 0.496 e. The molecular weight excluding hydrogens is 314 g/mol. The summed E-state index contributed by atoms with van der Waals surface area (Å²) in [6.45, 7) is 0. The van der Waals surface area contributed by atoms with E-state index in [1.54, 1.807) is 30.3 Å². The highest BCUT2D eigenvalue weighted by Gasteiger charge is 2.28. The molecule has 0 saturated heterocycles. The number of ether oxygens (including phenoxy) is 3. The maximum Gasteiger partial charge on any atom is 0.326 e. The lowest BCUT2D eigenvalue weighted by molar-refractivity contribution is -0.138. The SMILES string of the molecule is COc1cc(OC)c(N(C)[C@@H](Cc2cnc[nH]2)C(=O)O)c(OC)c1. The van der Waals surface area contributed by atoms with Crippen molar-refractivity contribution in [2.45, 2.75) is 12.5 Å². The van der Waals surface area contributed by atoms with Crippen LogP contribution in [0.15, 0.2) is 24.7 Å². The van der Waals surface area contributed by atoms with Crippen LogP contribution < -0.4 is 19.1 Å². The quantitative estimate of drug-likeness (QED) is 0.755. The molecule has 0 unspecified atom stereocenters. The first kappa shape index (κ1) is 17.5. The van der Waals surface area contributed by atoms with Crippen molar-refractivity contribution in [2.24, 2.45) is 0 Å². The van der Waals surface area contributed by atoms with Gasteiger partial charge in [0.05, 0.1) is 27.7 Å². The maximum atomic E-state index is 11.8. The summed E-state index contributed by atoms with van der Waals surface area (Å²) in [6.07, 6.45) is 3.37. The number of aliphatic carboxylic acids is 1. The molecule has 0 spiro atoms. The summed E-state index contributed by atoms with van der Waals surface area (Å²) in [7, 11) is 6.24. The number of hydrogen-bond donors (Lipinski definition) is 2. The summed E-state index contributed by atoms with van der Waals surface area (Å²) in [5.74, 6) is 0.516. The van der Waals surface area contributed by atoms with Crippen molar-refractivity contribution in [1.82, 2.24) is 9.97 Å². The Morgan fingerprint density at radius 3 is 2.29 bits per heavy atom. The number of aromatic amines is 1. The molecule has 24 heavy (non-hydrogen) atoms. The van der Waals surface area contributed by atoms with Gasteiger partial charge in [0, 0.05) is 37.5 Å². The van der Waals surface area contributed by atoms with E-state index < -0.39 is 12.0 Å². The van der Waals surface area contributed by atoms with Crippen LogP contribution >= 0.6 is 0 Å². The monoisotopic (exact) mass is 335 g/mol. The van der Waals surface area contributed by atoms with Crippen molar-refractivity contribution in [3.8, 4) is 17.2 Å². The molecule has 1 aromatic heterocycles. The van der Waals surface area contributed by atoms with E-state index >= 15 is 0 Å². The third-order valence-corrected chi connectivity index (χ3v) is 3.76. The minimum absolute atomic E-state index is 0.254. The first-order valence-electron chi connectivity index (χ1n) is 7.24. The standard InChI is InChI=1S/C16H21N3O5/c1-19(12(16(20)21)5-10-8-17-9-18-10)15-13(23-3)6-11(22-2)7-14(15)24-4/h6-9,12H,5H2,1-4H3,(H,17,18)(H,20,21)/t12-/m0/s1. The fourth-order valence-electron chi connectivity index (χ4n) is 2.49. The Balaban J connectivity index is 2.44. The van der Waals surface area contributed by atoms with E-state index in [2.05, 4.69) is 9.97 Å². The van der Waals surface area contributed by atoms with Crippen molar-refractivity contribution in [3.05, 3.63) is 30.4 Å². The molecule has 0 aliphatic carbocycles. The Morgan fingerprint density at radius 1 is 1.25 bits per heavy atom. The second-order valence-corrected chi connectivity index (χ2v) is 5.13. The van der Waals surface area contributed by atoms with E-state index in [0.29, 0.717) is 22.9 Å². The number of aromatic nitrogens is 2. The molecule has 0 aliphatic heterocycles. The van der Waals surface area contributed by atoms with Crippen molar-refractivity contribution in [1.29, 1.82) is 0 Å². The van der Waals surface area contributed by atoms with E-state index in [4.69, 9.17) is 14.2 Å². The van der Waals surface area contributed by atoms with E-state index in [9.17, 15) is 9.90 Å².